The number of hydrogen-bond acceptors (Lipinski definition) is 4. The standard InChI is InChI=1S/C23H23ClN2O3S2/c1-17-5-11-22(12-6-17)31(28,29)26-21-4-2-3-19(15-21)23(27)25-13-14-30-16-18-7-9-20(24)10-8-18/h2-12,15,26H,13-14,16H2,1H3,(H,25,27). The molecule has 162 valence electrons. The Morgan fingerprint density at radius 3 is 2.42 bits per heavy atom. The summed E-state index contributed by atoms with van der Waals surface area (Å²) in [5, 5.41) is 3.58. The van der Waals surface area contributed by atoms with Crippen LogP contribution < -0.4 is 10.0 Å². The second kappa shape index (κ2) is 10.7. The molecular formula is C23H23ClN2O3S2. The lowest BCUT2D eigenvalue weighted by molar-refractivity contribution is 0.0956. The van der Waals surface area contributed by atoms with E-state index in [1.807, 2.05) is 31.2 Å². The minimum Gasteiger partial charge on any atom is -0.351 e. The lowest BCUT2D eigenvalue weighted by Gasteiger charge is -2.10. The lowest BCUT2D eigenvalue weighted by atomic mass is 10.2. The van der Waals surface area contributed by atoms with Crippen LogP contribution in [0.1, 0.15) is 21.5 Å². The molecule has 0 heterocycles. The third-order valence-electron chi connectivity index (χ3n) is 4.42. The van der Waals surface area contributed by atoms with Crippen LogP contribution in [0.3, 0.4) is 0 Å². The van der Waals surface area contributed by atoms with E-state index in [1.165, 1.54) is 11.6 Å². The zero-order valence-electron chi connectivity index (χ0n) is 17.0. The first kappa shape index (κ1) is 23.2. The number of halogens is 1. The summed E-state index contributed by atoms with van der Waals surface area (Å²) >= 11 is 7.59. The van der Waals surface area contributed by atoms with Crippen molar-refractivity contribution in [1.82, 2.24) is 5.32 Å². The fourth-order valence-corrected chi connectivity index (χ4v) is 4.76. The van der Waals surface area contributed by atoms with Crippen molar-refractivity contribution in [2.75, 3.05) is 17.0 Å². The molecule has 8 heteroatoms. The Morgan fingerprint density at radius 1 is 1.00 bits per heavy atom. The van der Waals surface area contributed by atoms with Crippen LogP contribution in [-0.2, 0) is 15.8 Å². The first-order valence-corrected chi connectivity index (χ1v) is 12.6. The van der Waals surface area contributed by atoms with Gasteiger partial charge in [-0.1, -0.05) is 47.5 Å². The van der Waals surface area contributed by atoms with Crippen LogP contribution in [-0.4, -0.2) is 26.6 Å². The Kier molecular flexibility index (Phi) is 8.01. The number of aryl methyl sites for hydroxylation is 1. The van der Waals surface area contributed by atoms with E-state index in [0.717, 1.165) is 17.1 Å². The molecule has 0 radical (unpaired) electrons. The van der Waals surface area contributed by atoms with Gasteiger partial charge in [0.05, 0.1) is 4.90 Å². The van der Waals surface area contributed by atoms with E-state index in [1.54, 1.807) is 54.2 Å². The molecule has 5 nitrogen and oxygen atoms in total. The van der Waals surface area contributed by atoms with Crippen LogP contribution in [0.5, 0.6) is 0 Å². The molecule has 3 rings (SSSR count). The SMILES string of the molecule is Cc1ccc(S(=O)(=O)Nc2cccc(C(=O)NCCSCc3ccc(Cl)cc3)c2)cc1. The first-order chi connectivity index (χ1) is 14.8. The molecule has 0 saturated carbocycles. The van der Waals surface area contributed by atoms with E-state index in [0.29, 0.717) is 22.8 Å². The van der Waals surface area contributed by atoms with Gasteiger partial charge in [0.25, 0.3) is 15.9 Å². The fourth-order valence-electron chi connectivity index (χ4n) is 2.76. The maximum absolute atomic E-state index is 12.6. The van der Waals surface area contributed by atoms with Crippen LogP contribution in [0.2, 0.25) is 5.02 Å². The molecule has 0 aliphatic carbocycles. The Labute approximate surface area is 192 Å². The average Bonchev–Trinajstić information content (AvgIpc) is 2.75. The van der Waals surface area contributed by atoms with E-state index in [-0.39, 0.29) is 10.8 Å². The minimum atomic E-state index is -3.72. The van der Waals surface area contributed by atoms with Crippen molar-refractivity contribution in [2.24, 2.45) is 0 Å². The zero-order chi connectivity index (χ0) is 22.3. The molecule has 1 amide bonds. The van der Waals surface area contributed by atoms with Gasteiger partial charge in [-0.25, -0.2) is 8.42 Å². The summed E-state index contributed by atoms with van der Waals surface area (Å²) in [6.45, 7) is 2.40. The molecule has 0 unspecified atom stereocenters. The van der Waals surface area contributed by atoms with Crippen molar-refractivity contribution in [2.45, 2.75) is 17.6 Å². The van der Waals surface area contributed by atoms with Gasteiger partial charge in [-0.15, -0.1) is 0 Å². The quantitative estimate of drug-likeness (QED) is 0.422. The normalized spacial score (nSPS) is 11.2. The van der Waals surface area contributed by atoms with Gasteiger partial charge < -0.3 is 5.32 Å². The third kappa shape index (κ3) is 7.02. The molecule has 0 saturated heterocycles. The minimum absolute atomic E-state index is 0.172. The molecule has 3 aromatic carbocycles. The predicted molar refractivity (Wildman–Crippen MR) is 128 cm³/mol. The first-order valence-electron chi connectivity index (χ1n) is 9.63. The molecule has 0 aromatic heterocycles. The second-order valence-corrected chi connectivity index (χ2v) is 10.2. The van der Waals surface area contributed by atoms with E-state index in [2.05, 4.69) is 10.0 Å². The highest BCUT2D eigenvalue weighted by atomic mass is 35.5. The van der Waals surface area contributed by atoms with Gasteiger partial charge >= 0.3 is 0 Å². The molecule has 0 spiro atoms. The molecule has 0 bridgehead atoms. The number of hydrogen-bond donors (Lipinski definition) is 2. The van der Waals surface area contributed by atoms with Crippen molar-refractivity contribution in [3.8, 4) is 0 Å². The highest BCUT2D eigenvalue weighted by Gasteiger charge is 2.15. The Balaban J connectivity index is 1.51. The van der Waals surface area contributed by atoms with Crippen molar-refractivity contribution in [1.29, 1.82) is 0 Å². The summed E-state index contributed by atoms with van der Waals surface area (Å²) in [6.07, 6.45) is 0. The van der Waals surface area contributed by atoms with Gasteiger partial charge in [-0.05, 0) is 55.0 Å². The van der Waals surface area contributed by atoms with E-state index < -0.39 is 10.0 Å². The Morgan fingerprint density at radius 2 is 1.71 bits per heavy atom. The van der Waals surface area contributed by atoms with Crippen LogP contribution >= 0.6 is 23.4 Å². The number of carbonyl (C=O) groups excluding carboxylic acids is 1. The van der Waals surface area contributed by atoms with Crippen LogP contribution in [0.15, 0.2) is 77.7 Å². The van der Waals surface area contributed by atoms with Crippen LogP contribution in [0.4, 0.5) is 5.69 Å². The highest BCUT2D eigenvalue weighted by molar-refractivity contribution is 7.98. The smallest absolute Gasteiger partial charge is 0.261 e. The molecule has 2 N–H and O–H groups in total. The Bertz CT molecular complexity index is 1130. The maximum atomic E-state index is 12.6. The average molecular weight is 475 g/mol. The van der Waals surface area contributed by atoms with Crippen molar-refractivity contribution in [3.63, 3.8) is 0 Å². The number of anilines is 1. The van der Waals surface area contributed by atoms with Crippen LogP contribution in [0.25, 0.3) is 0 Å². The van der Waals surface area contributed by atoms with Gasteiger partial charge in [-0.2, -0.15) is 11.8 Å². The molecule has 0 fully saturated rings. The molecule has 31 heavy (non-hydrogen) atoms. The van der Waals surface area contributed by atoms with Gasteiger partial charge in [0.15, 0.2) is 0 Å². The predicted octanol–water partition coefficient (Wildman–Crippen LogP) is 5.11. The lowest BCUT2D eigenvalue weighted by Crippen LogP contribution is -2.26. The van der Waals surface area contributed by atoms with Gasteiger partial charge in [0, 0.05) is 34.3 Å². The number of thioether (sulfide) groups is 1. The maximum Gasteiger partial charge on any atom is 0.261 e. The van der Waals surface area contributed by atoms with E-state index in [4.69, 9.17) is 11.6 Å². The number of benzene rings is 3. The Hall–Kier alpha value is -2.48. The number of amides is 1. The topological polar surface area (TPSA) is 75.3 Å². The molecule has 3 aromatic rings. The number of rotatable bonds is 9. The van der Waals surface area contributed by atoms with Gasteiger partial charge in [0.2, 0.25) is 0 Å². The summed E-state index contributed by atoms with van der Waals surface area (Å²) in [6, 6.07) is 20.7. The third-order valence-corrected chi connectivity index (χ3v) is 7.10. The summed E-state index contributed by atoms with van der Waals surface area (Å²) in [5.41, 5.74) is 2.88. The number of nitrogens with one attached hydrogen (secondary N) is 2. The van der Waals surface area contributed by atoms with Gasteiger partial charge in [0.1, 0.15) is 0 Å². The summed E-state index contributed by atoms with van der Waals surface area (Å²) < 4.78 is 27.6. The monoisotopic (exact) mass is 474 g/mol. The van der Waals surface area contributed by atoms with Crippen molar-refractivity contribution < 1.29 is 13.2 Å². The van der Waals surface area contributed by atoms with Crippen molar-refractivity contribution >= 4 is 45.0 Å². The largest absolute Gasteiger partial charge is 0.351 e. The summed E-state index contributed by atoms with van der Waals surface area (Å²) in [4.78, 5) is 12.6. The second-order valence-electron chi connectivity index (χ2n) is 6.93. The number of sulfonamides is 1. The molecule has 0 aliphatic heterocycles. The van der Waals surface area contributed by atoms with Crippen molar-refractivity contribution in [3.05, 3.63) is 94.5 Å². The summed E-state index contributed by atoms with van der Waals surface area (Å²) in [7, 11) is -3.72. The fraction of sp³-hybridized carbons (Fsp3) is 0.174. The number of carbonyl (C=O) groups is 1. The molecule has 0 atom stereocenters. The van der Waals surface area contributed by atoms with E-state index in [9.17, 15) is 13.2 Å². The van der Waals surface area contributed by atoms with E-state index >= 15 is 0 Å². The highest BCUT2D eigenvalue weighted by Crippen LogP contribution is 2.18. The molecular weight excluding hydrogens is 452 g/mol. The van der Waals surface area contributed by atoms with Gasteiger partial charge in [-0.3, -0.25) is 9.52 Å². The van der Waals surface area contributed by atoms with Crippen LogP contribution in [0, 0.1) is 6.92 Å². The molecule has 0 aliphatic rings. The summed E-state index contributed by atoms with van der Waals surface area (Å²) in [5.74, 6) is 1.35. The zero-order valence-corrected chi connectivity index (χ0v) is 19.4.